The van der Waals surface area contributed by atoms with Crippen molar-refractivity contribution in [2.24, 2.45) is 0 Å². The van der Waals surface area contributed by atoms with Crippen molar-refractivity contribution < 1.29 is 36.4 Å². The van der Waals surface area contributed by atoms with Gasteiger partial charge in [-0.2, -0.15) is 40.9 Å². The molecule has 0 amide bonds. The third kappa shape index (κ3) is 5.58. The topological polar surface area (TPSA) is 102 Å². The SMILES string of the molecule is CCC(Nc1nc(NCc2ccc(C(F)(F)F)nc2)c2[n+]#cn(C(C)C)c2n1)C(O)C(F)(F)F. The molecular weight excluding hydrogens is 468 g/mol. The van der Waals surface area contributed by atoms with Crippen LogP contribution in [0.25, 0.3) is 11.2 Å². The Morgan fingerprint density at radius 3 is 2.38 bits per heavy atom. The molecule has 0 aliphatic carbocycles. The number of hydrogen-bond acceptors (Lipinski definition) is 6. The van der Waals surface area contributed by atoms with Gasteiger partial charge in [-0.05, 0) is 31.9 Å². The van der Waals surface area contributed by atoms with E-state index in [1.807, 2.05) is 13.8 Å². The standard InChI is InChI=1S/C20H22F6N7O/c1-4-12(15(34)20(24,25)26)30-18-31-16(14-17(32-18)33(9-29-14)10(2)3)28-8-11-5-6-13(27-7-11)19(21,22)23/h5-7,10,12,15,34H,4,8H2,1-3H3,(H2,28,30,31,32)/q+1. The Kier molecular flexibility index (Phi) is 7.06. The largest absolute Gasteiger partial charge is 0.433 e. The second-order valence-electron chi connectivity index (χ2n) is 7.79. The van der Waals surface area contributed by atoms with Crippen molar-refractivity contribution in [2.75, 3.05) is 10.6 Å². The van der Waals surface area contributed by atoms with Crippen molar-refractivity contribution >= 4 is 22.9 Å². The maximum Gasteiger partial charge on any atom is 0.433 e. The summed E-state index contributed by atoms with van der Waals surface area (Å²) in [6.07, 6.45) is -8.33. The van der Waals surface area contributed by atoms with Crippen LogP contribution < -0.4 is 15.6 Å². The van der Waals surface area contributed by atoms with Crippen molar-refractivity contribution in [1.82, 2.24) is 19.5 Å². The normalized spacial score (nSPS) is 14.2. The molecule has 3 heterocycles. The first-order valence-electron chi connectivity index (χ1n) is 10.3. The van der Waals surface area contributed by atoms with Gasteiger partial charge >= 0.3 is 29.8 Å². The summed E-state index contributed by atoms with van der Waals surface area (Å²) >= 11 is 0. The molecule has 2 unspecified atom stereocenters. The summed E-state index contributed by atoms with van der Waals surface area (Å²) < 4.78 is 78.8. The lowest BCUT2D eigenvalue weighted by Gasteiger charge is -2.24. The minimum Gasteiger partial charge on any atom is -0.382 e. The third-order valence-corrected chi connectivity index (χ3v) is 4.93. The second kappa shape index (κ2) is 9.49. The lowest BCUT2D eigenvalue weighted by Crippen LogP contribution is -2.44. The number of fused-ring (bicyclic) bond motifs is 1. The van der Waals surface area contributed by atoms with Crippen molar-refractivity contribution in [3.63, 3.8) is 0 Å². The Labute approximate surface area is 190 Å². The number of aliphatic hydroxyl groups excluding tert-OH is 1. The molecular formula is C20H22F6N7O+. The van der Waals surface area contributed by atoms with Crippen LogP contribution in [-0.4, -0.2) is 42.9 Å². The Bertz CT molecular complexity index is 1110. The van der Waals surface area contributed by atoms with Crippen LogP contribution in [0, 0.1) is 6.33 Å². The number of pyridine rings is 1. The van der Waals surface area contributed by atoms with Crippen LogP contribution in [-0.2, 0) is 12.7 Å². The van der Waals surface area contributed by atoms with Crippen LogP contribution in [0.2, 0.25) is 0 Å². The molecule has 3 N–H and O–H groups in total. The van der Waals surface area contributed by atoms with E-state index in [0.29, 0.717) is 5.56 Å². The Morgan fingerprint density at radius 1 is 1.15 bits per heavy atom. The minimum absolute atomic E-state index is 0.00755. The van der Waals surface area contributed by atoms with E-state index >= 15 is 0 Å². The number of aromatic nitrogens is 5. The molecule has 3 rings (SSSR count). The van der Waals surface area contributed by atoms with E-state index in [0.717, 1.165) is 12.3 Å². The molecule has 0 aliphatic heterocycles. The number of aliphatic hydroxyl groups is 1. The fourth-order valence-corrected chi connectivity index (χ4v) is 3.09. The third-order valence-electron chi connectivity index (χ3n) is 4.93. The average Bonchev–Trinajstić information content (AvgIpc) is 3.18. The molecule has 14 heteroatoms. The number of nitrogens with one attached hydrogen (secondary N) is 2. The quantitative estimate of drug-likeness (QED) is 0.415. The molecule has 34 heavy (non-hydrogen) atoms. The first kappa shape index (κ1) is 25.3. The summed E-state index contributed by atoms with van der Waals surface area (Å²) in [5.74, 6) is -0.0640. The van der Waals surface area contributed by atoms with Gasteiger partial charge in [-0.1, -0.05) is 13.0 Å². The summed E-state index contributed by atoms with van der Waals surface area (Å²) in [5, 5.41) is 15.1. The van der Waals surface area contributed by atoms with E-state index in [4.69, 9.17) is 0 Å². The van der Waals surface area contributed by atoms with E-state index < -0.39 is 30.2 Å². The molecule has 0 spiro atoms. The van der Waals surface area contributed by atoms with Crippen molar-refractivity contribution in [1.29, 1.82) is 0 Å². The zero-order valence-corrected chi connectivity index (χ0v) is 18.3. The number of anilines is 2. The van der Waals surface area contributed by atoms with Crippen molar-refractivity contribution in [2.45, 2.75) is 64.3 Å². The van der Waals surface area contributed by atoms with Gasteiger partial charge in [0.1, 0.15) is 11.7 Å². The zero-order valence-electron chi connectivity index (χ0n) is 18.3. The number of rotatable bonds is 8. The molecule has 0 aliphatic rings. The Hall–Kier alpha value is -3.34. The lowest BCUT2D eigenvalue weighted by molar-refractivity contribution is -0.258. The number of nitrogens with zero attached hydrogens (tertiary/aromatic N) is 5. The van der Waals surface area contributed by atoms with Crippen LogP contribution in [0.5, 0.6) is 0 Å². The van der Waals surface area contributed by atoms with Crippen LogP contribution in [0.15, 0.2) is 18.3 Å². The van der Waals surface area contributed by atoms with Gasteiger partial charge in [0.15, 0.2) is 6.10 Å². The minimum atomic E-state index is -4.85. The Morgan fingerprint density at radius 2 is 1.85 bits per heavy atom. The van der Waals surface area contributed by atoms with Crippen LogP contribution in [0.1, 0.15) is 44.5 Å². The lowest BCUT2D eigenvalue weighted by atomic mass is 10.1. The molecule has 0 saturated heterocycles. The average molecular weight is 490 g/mol. The Balaban J connectivity index is 1.92. The van der Waals surface area contributed by atoms with Gasteiger partial charge in [0.05, 0.1) is 6.04 Å². The second-order valence-corrected chi connectivity index (χ2v) is 7.79. The summed E-state index contributed by atoms with van der Waals surface area (Å²) in [6.45, 7) is 5.13. The highest BCUT2D eigenvalue weighted by Crippen LogP contribution is 2.28. The van der Waals surface area contributed by atoms with E-state index in [2.05, 4.69) is 36.9 Å². The van der Waals surface area contributed by atoms with Crippen molar-refractivity contribution in [3.05, 3.63) is 35.9 Å². The maximum absolute atomic E-state index is 13.0. The monoisotopic (exact) mass is 490 g/mol. The van der Waals surface area contributed by atoms with E-state index in [1.165, 1.54) is 13.0 Å². The van der Waals surface area contributed by atoms with E-state index in [1.54, 1.807) is 4.57 Å². The predicted octanol–water partition coefficient (Wildman–Crippen LogP) is 3.55. The number of halogens is 6. The molecule has 0 saturated carbocycles. The first-order valence-corrected chi connectivity index (χ1v) is 10.3. The number of hydrogen-bond donors (Lipinski definition) is 3. The summed E-state index contributed by atoms with van der Waals surface area (Å²) in [4.78, 5) is 16.0. The number of alkyl halides is 6. The molecule has 8 nitrogen and oxygen atoms in total. The van der Waals surface area contributed by atoms with Crippen LogP contribution in [0.4, 0.5) is 38.1 Å². The molecule has 3 aromatic heterocycles. The highest BCUT2D eigenvalue weighted by Gasteiger charge is 2.43. The highest BCUT2D eigenvalue weighted by molar-refractivity contribution is 5.80. The van der Waals surface area contributed by atoms with Gasteiger partial charge in [0.25, 0.3) is 0 Å². The molecule has 184 valence electrons. The first-order chi connectivity index (χ1) is 15.8. The molecule has 0 fully saturated rings. The summed E-state index contributed by atoms with van der Waals surface area (Å²) in [7, 11) is 0. The molecule has 0 bridgehead atoms. The summed E-state index contributed by atoms with van der Waals surface area (Å²) in [6, 6.07) is 0.531. The zero-order chi connectivity index (χ0) is 25.3. The van der Waals surface area contributed by atoms with Gasteiger partial charge in [-0.15, -0.1) is 4.98 Å². The maximum atomic E-state index is 13.0. The molecule has 0 radical (unpaired) electrons. The molecule has 2 atom stereocenters. The van der Waals surface area contributed by atoms with Gasteiger partial charge in [-0.3, -0.25) is 4.98 Å². The van der Waals surface area contributed by atoms with Gasteiger partial charge < -0.3 is 15.7 Å². The van der Waals surface area contributed by atoms with Crippen LogP contribution in [0.3, 0.4) is 0 Å². The fraction of sp³-hybridized carbons (Fsp3) is 0.500. The van der Waals surface area contributed by atoms with Gasteiger partial charge in [0.2, 0.25) is 11.8 Å². The van der Waals surface area contributed by atoms with Gasteiger partial charge in [-0.25, -0.2) is 0 Å². The smallest absolute Gasteiger partial charge is 0.382 e. The molecule has 3 aromatic rings. The molecule has 0 aromatic carbocycles. The van der Waals surface area contributed by atoms with Gasteiger partial charge in [0, 0.05) is 12.7 Å². The fourth-order valence-electron chi connectivity index (χ4n) is 3.09. The van der Waals surface area contributed by atoms with Crippen LogP contribution >= 0.6 is 0 Å². The summed E-state index contributed by atoms with van der Waals surface area (Å²) in [5.41, 5.74) is -0.0906. The van der Waals surface area contributed by atoms with E-state index in [-0.39, 0.29) is 41.9 Å². The van der Waals surface area contributed by atoms with Crippen molar-refractivity contribution in [3.8, 4) is 0 Å². The predicted molar refractivity (Wildman–Crippen MR) is 109 cm³/mol. The van der Waals surface area contributed by atoms with E-state index in [9.17, 15) is 31.4 Å². The highest BCUT2D eigenvalue weighted by atomic mass is 19.4.